The maximum absolute atomic E-state index is 12.4. The predicted molar refractivity (Wildman–Crippen MR) is 111 cm³/mol. The lowest BCUT2D eigenvalue weighted by Crippen LogP contribution is -2.19. The van der Waals surface area contributed by atoms with Crippen LogP contribution in [0.2, 0.25) is 0 Å². The van der Waals surface area contributed by atoms with E-state index in [1.165, 1.54) is 21.8 Å². The Morgan fingerprint density at radius 1 is 1.21 bits per heavy atom. The molecule has 0 saturated heterocycles. The summed E-state index contributed by atoms with van der Waals surface area (Å²) in [4.78, 5) is 12.4. The average Bonchev–Trinajstić information content (AvgIpc) is 3.40. The molecule has 0 radical (unpaired) electrons. The van der Waals surface area contributed by atoms with Crippen LogP contribution in [0.3, 0.4) is 0 Å². The third-order valence-electron chi connectivity index (χ3n) is 5.51. The van der Waals surface area contributed by atoms with Gasteiger partial charge in [-0.1, -0.05) is 24.3 Å². The van der Waals surface area contributed by atoms with Gasteiger partial charge in [-0.25, -0.2) is 5.43 Å². The molecule has 1 aliphatic rings. The minimum atomic E-state index is -0.265. The van der Waals surface area contributed by atoms with Crippen molar-refractivity contribution in [1.29, 1.82) is 0 Å². The number of aromatic amines is 1. The van der Waals surface area contributed by atoms with Crippen LogP contribution in [0.15, 0.2) is 47.6 Å². The highest BCUT2D eigenvalue weighted by atomic mass is 16.2. The third-order valence-corrected chi connectivity index (χ3v) is 5.51. The number of nitrogens with one attached hydrogen (secondary N) is 2. The first-order chi connectivity index (χ1) is 13.8. The van der Waals surface area contributed by atoms with Crippen molar-refractivity contribution in [2.24, 2.45) is 5.10 Å². The third kappa shape index (κ3) is 2.60. The van der Waals surface area contributed by atoms with Crippen LogP contribution in [0.25, 0.3) is 21.8 Å². The Morgan fingerprint density at radius 2 is 2.07 bits per heavy atom. The molecular weight excluding hydrogens is 350 g/mol. The molecule has 2 N–H and O–H groups in total. The van der Waals surface area contributed by atoms with Gasteiger partial charge in [0.25, 0.3) is 5.91 Å². The lowest BCUT2D eigenvalue weighted by molar-refractivity contribution is 0.0949. The van der Waals surface area contributed by atoms with Crippen molar-refractivity contribution in [1.82, 2.24) is 20.2 Å². The normalized spacial score (nSPS) is 13.6. The molecule has 28 heavy (non-hydrogen) atoms. The van der Waals surface area contributed by atoms with Gasteiger partial charge in [0, 0.05) is 39.6 Å². The number of nitrogens with zero attached hydrogens (tertiary/aromatic N) is 3. The van der Waals surface area contributed by atoms with Gasteiger partial charge < -0.3 is 4.57 Å². The van der Waals surface area contributed by atoms with Crippen molar-refractivity contribution in [3.63, 3.8) is 0 Å². The average molecular weight is 371 g/mol. The molecule has 0 atom stereocenters. The molecule has 0 bridgehead atoms. The second-order valence-electron chi connectivity index (χ2n) is 7.12. The Kier molecular flexibility index (Phi) is 3.97. The molecule has 2 aromatic heterocycles. The van der Waals surface area contributed by atoms with E-state index in [0.717, 1.165) is 42.6 Å². The van der Waals surface area contributed by atoms with Gasteiger partial charge in [-0.05, 0) is 49.9 Å². The molecule has 1 amide bonds. The monoisotopic (exact) mass is 371 g/mol. The summed E-state index contributed by atoms with van der Waals surface area (Å²) in [6.07, 6.45) is 4.61. The molecular formula is C22H21N5O. The van der Waals surface area contributed by atoms with Crippen molar-refractivity contribution in [3.05, 3.63) is 65.0 Å². The quantitative estimate of drug-likeness (QED) is 0.423. The van der Waals surface area contributed by atoms with Gasteiger partial charge in [0.05, 0.1) is 6.21 Å². The summed E-state index contributed by atoms with van der Waals surface area (Å²) in [5.74, 6) is -0.265. The van der Waals surface area contributed by atoms with Crippen LogP contribution in [-0.2, 0) is 19.4 Å². The van der Waals surface area contributed by atoms with Crippen LogP contribution < -0.4 is 5.43 Å². The van der Waals surface area contributed by atoms with Crippen LogP contribution in [-0.4, -0.2) is 26.9 Å². The summed E-state index contributed by atoms with van der Waals surface area (Å²) in [7, 11) is 0. The zero-order valence-corrected chi connectivity index (χ0v) is 15.7. The fourth-order valence-electron chi connectivity index (χ4n) is 4.22. The van der Waals surface area contributed by atoms with E-state index in [0.29, 0.717) is 5.69 Å². The van der Waals surface area contributed by atoms with Gasteiger partial charge in [0.2, 0.25) is 0 Å². The van der Waals surface area contributed by atoms with Gasteiger partial charge in [-0.15, -0.1) is 0 Å². The number of aryl methyl sites for hydroxylation is 2. The van der Waals surface area contributed by atoms with E-state index in [2.05, 4.69) is 68.6 Å². The largest absolute Gasteiger partial charge is 0.341 e. The van der Waals surface area contributed by atoms with E-state index in [4.69, 9.17) is 0 Å². The topological polar surface area (TPSA) is 75.1 Å². The molecule has 140 valence electrons. The standard InChI is InChI=1S/C22H21N5O/c1-2-27-19-9-4-3-6-15(19)17-12-14(10-11-20(17)27)13-23-26-22(28)21-16-7-5-8-18(16)24-25-21/h3-4,6,9-13H,2,5,7-8H2,1H3,(H,24,25)(H,26,28)/b23-13-. The second kappa shape index (κ2) is 6.64. The molecule has 6 heteroatoms. The van der Waals surface area contributed by atoms with Crippen LogP contribution in [0, 0.1) is 0 Å². The van der Waals surface area contributed by atoms with Crippen molar-refractivity contribution in [3.8, 4) is 0 Å². The van der Waals surface area contributed by atoms with Gasteiger partial charge in [0.1, 0.15) is 0 Å². The second-order valence-corrected chi connectivity index (χ2v) is 7.12. The minimum absolute atomic E-state index is 0.265. The minimum Gasteiger partial charge on any atom is -0.341 e. The van der Waals surface area contributed by atoms with Crippen molar-refractivity contribution >= 4 is 33.9 Å². The number of H-pyrrole nitrogens is 1. The van der Waals surface area contributed by atoms with E-state index in [9.17, 15) is 4.79 Å². The van der Waals surface area contributed by atoms with Gasteiger partial charge in [0.15, 0.2) is 5.69 Å². The molecule has 0 aliphatic heterocycles. The molecule has 6 nitrogen and oxygen atoms in total. The molecule has 1 aliphatic carbocycles. The summed E-state index contributed by atoms with van der Waals surface area (Å²) in [5, 5.41) is 13.7. The highest BCUT2D eigenvalue weighted by molar-refractivity contribution is 6.09. The maximum Gasteiger partial charge on any atom is 0.292 e. The van der Waals surface area contributed by atoms with Crippen LogP contribution >= 0.6 is 0 Å². The number of hydrogen-bond acceptors (Lipinski definition) is 3. The van der Waals surface area contributed by atoms with Crippen LogP contribution in [0.5, 0.6) is 0 Å². The first-order valence-corrected chi connectivity index (χ1v) is 9.66. The zero-order chi connectivity index (χ0) is 19.1. The Morgan fingerprint density at radius 3 is 2.96 bits per heavy atom. The Labute approximate surface area is 162 Å². The number of hydrogen-bond donors (Lipinski definition) is 2. The fraction of sp³-hybridized carbons (Fsp3) is 0.227. The Bertz CT molecular complexity index is 1230. The number of rotatable bonds is 4. The van der Waals surface area contributed by atoms with Gasteiger partial charge in [-0.3, -0.25) is 9.89 Å². The first-order valence-electron chi connectivity index (χ1n) is 9.66. The molecule has 0 spiro atoms. The summed E-state index contributed by atoms with van der Waals surface area (Å²) < 4.78 is 2.31. The van der Waals surface area contributed by atoms with E-state index < -0.39 is 0 Å². The van der Waals surface area contributed by atoms with Crippen molar-refractivity contribution in [2.45, 2.75) is 32.7 Å². The molecule has 0 fully saturated rings. The van der Waals surface area contributed by atoms with Crippen molar-refractivity contribution in [2.75, 3.05) is 0 Å². The van der Waals surface area contributed by atoms with Crippen LogP contribution in [0.1, 0.15) is 40.7 Å². The lowest BCUT2D eigenvalue weighted by Gasteiger charge is -2.02. The summed E-state index contributed by atoms with van der Waals surface area (Å²) >= 11 is 0. The SMILES string of the molecule is CCn1c2ccccc2c2cc(/C=N\NC(=O)c3n[nH]c4c3CCC4)ccc21. The fourth-order valence-corrected chi connectivity index (χ4v) is 4.22. The van der Waals surface area contributed by atoms with Gasteiger partial charge in [-0.2, -0.15) is 10.2 Å². The van der Waals surface area contributed by atoms with Gasteiger partial charge >= 0.3 is 0 Å². The number of amides is 1. The Balaban J connectivity index is 1.42. The summed E-state index contributed by atoms with van der Waals surface area (Å²) in [6, 6.07) is 14.7. The number of aromatic nitrogens is 3. The van der Waals surface area contributed by atoms with Crippen LogP contribution in [0.4, 0.5) is 0 Å². The smallest absolute Gasteiger partial charge is 0.292 e. The first kappa shape index (κ1) is 16.7. The van der Waals surface area contributed by atoms with E-state index in [1.54, 1.807) is 6.21 Å². The predicted octanol–water partition coefficient (Wildman–Crippen LogP) is 3.79. The molecule has 4 aromatic rings. The lowest BCUT2D eigenvalue weighted by atomic mass is 10.1. The number of fused-ring (bicyclic) bond motifs is 4. The molecule has 0 saturated carbocycles. The number of carbonyl (C=O) groups excluding carboxylic acids is 1. The number of hydrazone groups is 1. The molecule has 5 rings (SSSR count). The maximum atomic E-state index is 12.4. The number of para-hydroxylation sites is 1. The highest BCUT2D eigenvalue weighted by Crippen LogP contribution is 2.29. The van der Waals surface area contributed by atoms with E-state index in [1.807, 2.05) is 6.07 Å². The molecule has 2 heterocycles. The zero-order valence-electron chi connectivity index (χ0n) is 15.7. The number of benzene rings is 2. The summed E-state index contributed by atoms with van der Waals surface area (Å²) in [5.41, 5.74) is 8.56. The van der Waals surface area contributed by atoms with E-state index in [-0.39, 0.29) is 5.91 Å². The Hall–Kier alpha value is -3.41. The van der Waals surface area contributed by atoms with Crippen molar-refractivity contribution < 1.29 is 4.79 Å². The number of carbonyl (C=O) groups is 1. The highest BCUT2D eigenvalue weighted by Gasteiger charge is 2.22. The summed E-state index contributed by atoms with van der Waals surface area (Å²) in [6.45, 7) is 3.07. The molecule has 0 unspecified atom stereocenters. The molecule has 2 aromatic carbocycles. The van der Waals surface area contributed by atoms with E-state index >= 15 is 0 Å².